The fraction of sp³-hybridized carbons (Fsp3) is 0.765. The lowest BCUT2D eigenvalue weighted by atomic mass is 9.79. The standard InChI is InChI=1S/C17H33N5O.HI/c1-5-17(6-2,9-11-23)14-20-16(18-7-3)19-10-8-15-12-21-22(4)13-15;/h12-13,23H,5-11,14H2,1-4H3,(H2,18,19,20);1H. The van der Waals surface area contributed by atoms with Crippen LogP contribution < -0.4 is 10.6 Å². The zero-order valence-electron chi connectivity index (χ0n) is 15.5. The van der Waals surface area contributed by atoms with E-state index >= 15 is 0 Å². The summed E-state index contributed by atoms with van der Waals surface area (Å²) < 4.78 is 1.82. The predicted octanol–water partition coefficient (Wildman–Crippen LogP) is 2.32. The average molecular weight is 451 g/mol. The number of nitrogens with one attached hydrogen (secondary N) is 2. The average Bonchev–Trinajstić information content (AvgIpc) is 2.96. The molecular formula is C17H34IN5O. The molecule has 7 heteroatoms. The maximum absolute atomic E-state index is 9.31. The molecule has 0 aromatic carbocycles. The van der Waals surface area contributed by atoms with Gasteiger partial charge in [0.25, 0.3) is 0 Å². The summed E-state index contributed by atoms with van der Waals surface area (Å²) >= 11 is 0. The number of aliphatic hydroxyl groups excluding tert-OH is 1. The molecule has 0 aliphatic heterocycles. The van der Waals surface area contributed by atoms with Gasteiger partial charge in [0, 0.05) is 39.5 Å². The summed E-state index contributed by atoms with van der Waals surface area (Å²) in [5, 5.41) is 20.2. The second-order valence-corrected chi connectivity index (χ2v) is 6.07. The third kappa shape index (κ3) is 7.83. The minimum atomic E-state index is 0. The fourth-order valence-corrected chi connectivity index (χ4v) is 2.66. The van der Waals surface area contributed by atoms with Crippen molar-refractivity contribution in [1.82, 2.24) is 20.4 Å². The van der Waals surface area contributed by atoms with Gasteiger partial charge in [-0.05, 0) is 43.6 Å². The van der Waals surface area contributed by atoms with Crippen LogP contribution in [0.5, 0.6) is 0 Å². The van der Waals surface area contributed by atoms with E-state index in [0.29, 0.717) is 0 Å². The minimum absolute atomic E-state index is 0. The number of halogens is 1. The first-order valence-electron chi connectivity index (χ1n) is 8.69. The molecule has 0 aliphatic carbocycles. The number of hydrogen-bond donors (Lipinski definition) is 3. The Balaban J connectivity index is 0.00000529. The van der Waals surface area contributed by atoms with Gasteiger partial charge in [0.05, 0.1) is 6.20 Å². The van der Waals surface area contributed by atoms with E-state index in [1.807, 2.05) is 24.1 Å². The molecular weight excluding hydrogens is 417 g/mol. The summed E-state index contributed by atoms with van der Waals surface area (Å²) in [4.78, 5) is 4.75. The first-order valence-corrected chi connectivity index (χ1v) is 8.69. The van der Waals surface area contributed by atoms with Gasteiger partial charge in [-0.1, -0.05) is 13.8 Å². The number of aliphatic hydroxyl groups is 1. The van der Waals surface area contributed by atoms with Crippen molar-refractivity contribution in [2.24, 2.45) is 17.5 Å². The first kappa shape index (κ1) is 23.2. The Bertz CT molecular complexity index is 471. The molecule has 3 N–H and O–H groups in total. The molecule has 0 saturated carbocycles. The molecule has 0 unspecified atom stereocenters. The Morgan fingerprint density at radius 3 is 2.50 bits per heavy atom. The van der Waals surface area contributed by atoms with Gasteiger partial charge >= 0.3 is 0 Å². The van der Waals surface area contributed by atoms with E-state index in [1.54, 1.807) is 0 Å². The third-order valence-corrected chi connectivity index (χ3v) is 4.52. The normalized spacial score (nSPS) is 12.0. The van der Waals surface area contributed by atoms with E-state index in [4.69, 9.17) is 4.99 Å². The van der Waals surface area contributed by atoms with Crippen molar-refractivity contribution in [2.45, 2.75) is 46.5 Å². The van der Waals surface area contributed by atoms with Crippen LogP contribution in [0.25, 0.3) is 0 Å². The second kappa shape index (κ2) is 12.5. The largest absolute Gasteiger partial charge is 0.396 e. The van der Waals surface area contributed by atoms with Crippen LogP contribution in [-0.2, 0) is 13.5 Å². The van der Waals surface area contributed by atoms with Crippen molar-refractivity contribution >= 4 is 29.9 Å². The van der Waals surface area contributed by atoms with E-state index < -0.39 is 0 Å². The molecule has 0 saturated heterocycles. The van der Waals surface area contributed by atoms with Crippen molar-refractivity contribution in [3.8, 4) is 0 Å². The maximum atomic E-state index is 9.31. The topological polar surface area (TPSA) is 74.5 Å². The van der Waals surface area contributed by atoms with Gasteiger partial charge in [0.2, 0.25) is 0 Å². The van der Waals surface area contributed by atoms with Crippen molar-refractivity contribution in [2.75, 3.05) is 26.2 Å². The smallest absolute Gasteiger partial charge is 0.191 e. The van der Waals surface area contributed by atoms with Gasteiger partial charge in [-0.15, -0.1) is 24.0 Å². The summed E-state index contributed by atoms with van der Waals surface area (Å²) in [7, 11) is 1.93. The molecule has 0 aliphatic rings. The lowest BCUT2D eigenvalue weighted by Gasteiger charge is -2.29. The number of nitrogens with zero attached hydrogens (tertiary/aromatic N) is 3. The number of rotatable bonds is 10. The van der Waals surface area contributed by atoms with Crippen molar-refractivity contribution in [3.63, 3.8) is 0 Å². The summed E-state index contributed by atoms with van der Waals surface area (Å²) in [6, 6.07) is 0. The highest BCUT2D eigenvalue weighted by Gasteiger charge is 2.25. The highest BCUT2D eigenvalue weighted by Crippen LogP contribution is 2.30. The van der Waals surface area contributed by atoms with E-state index in [1.165, 1.54) is 5.56 Å². The highest BCUT2D eigenvalue weighted by molar-refractivity contribution is 14.0. The number of guanidine groups is 1. The quantitative estimate of drug-likeness (QED) is 0.290. The van der Waals surface area contributed by atoms with E-state index in [9.17, 15) is 5.11 Å². The van der Waals surface area contributed by atoms with E-state index in [2.05, 4.69) is 36.5 Å². The van der Waals surface area contributed by atoms with Gasteiger partial charge < -0.3 is 15.7 Å². The van der Waals surface area contributed by atoms with Crippen LogP contribution in [0.3, 0.4) is 0 Å². The molecule has 0 spiro atoms. The van der Waals surface area contributed by atoms with Gasteiger partial charge in [-0.2, -0.15) is 5.10 Å². The molecule has 1 aromatic heterocycles. The second-order valence-electron chi connectivity index (χ2n) is 6.07. The Morgan fingerprint density at radius 1 is 1.29 bits per heavy atom. The Morgan fingerprint density at radius 2 is 2.00 bits per heavy atom. The van der Waals surface area contributed by atoms with Crippen LogP contribution in [0.1, 0.15) is 45.6 Å². The third-order valence-electron chi connectivity index (χ3n) is 4.52. The van der Waals surface area contributed by atoms with Crippen molar-refractivity contribution in [3.05, 3.63) is 18.0 Å². The molecule has 1 rings (SSSR count). The molecule has 0 amide bonds. The number of aromatic nitrogens is 2. The summed E-state index contributed by atoms with van der Waals surface area (Å²) in [6.45, 7) is 9.05. The monoisotopic (exact) mass is 451 g/mol. The molecule has 0 radical (unpaired) electrons. The number of aliphatic imine (C=N–C) groups is 1. The Hall–Kier alpha value is -0.830. The molecule has 24 heavy (non-hydrogen) atoms. The van der Waals surface area contributed by atoms with Crippen LogP contribution in [0.4, 0.5) is 0 Å². The van der Waals surface area contributed by atoms with Gasteiger partial charge in [0.15, 0.2) is 5.96 Å². The molecule has 6 nitrogen and oxygen atoms in total. The zero-order valence-corrected chi connectivity index (χ0v) is 17.8. The lowest BCUT2D eigenvalue weighted by molar-refractivity contribution is 0.175. The zero-order chi connectivity index (χ0) is 17.1. The molecule has 0 fully saturated rings. The van der Waals surface area contributed by atoms with Crippen molar-refractivity contribution in [1.29, 1.82) is 0 Å². The predicted molar refractivity (Wildman–Crippen MR) is 111 cm³/mol. The van der Waals surface area contributed by atoms with Crippen LogP contribution >= 0.6 is 24.0 Å². The van der Waals surface area contributed by atoms with E-state index in [0.717, 1.165) is 51.3 Å². The van der Waals surface area contributed by atoms with E-state index in [-0.39, 0.29) is 36.0 Å². The molecule has 140 valence electrons. The fourth-order valence-electron chi connectivity index (χ4n) is 2.66. The number of aryl methyl sites for hydroxylation is 1. The minimum Gasteiger partial charge on any atom is -0.396 e. The maximum Gasteiger partial charge on any atom is 0.191 e. The van der Waals surface area contributed by atoms with Gasteiger partial charge in [-0.25, -0.2) is 0 Å². The van der Waals surface area contributed by atoms with Crippen LogP contribution in [-0.4, -0.2) is 47.1 Å². The molecule has 0 atom stereocenters. The summed E-state index contributed by atoms with van der Waals surface area (Å²) in [5.41, 5.74) is 1.31. The Kier molecular flexibility index (Phi) is 12.1. The van der Waals surface area contributed by atoms with Crippen LogP contribution in [0.15, 0.2) is 17.4 Å². The van der Waals surface area contributed by atoms with Crippen molar-refractivity contribution < 1.29 is 5.11 Å². The van der Waals surface area contributed by atoms with Crippen LogP contribution in [0, 0.1) is 5.41 Å². The summed E-state index contributed by atoms with van der Waals surface area (Å²) in [6.07, 6.45) is 7.71. The van der Waals surface area contributed by atoms with Gasteiger partial charge in [-0.3, -0.25) is 9.67 Å². The summed E-state index contributed by atoms with van der Waals surface area (Å²) in [5.74, 6) is 0.848. The first-order chi connectivity index (χ1) is 11.1. The van der Waals surface area contributed by atoms with Crippen LogP contribution in [0.2, 0.25) is 0 Å². The molecule has 1 heterocycles. The highest BCUT2D eigenvalue weighted by atomic mass is 127. The Labute approximate surface area is 163 Å². The number of hydrogen-bond acceptors (Lipinski definition) is 3. The lowest BCUT2D eigenvalue weighted by Crippen LogP contribution is -2.39. The van der Waals surface area contributed by atoms with Gasteiger partial charge in [0.1, 0.15) is 0 Å². The molecule has 0 bridgehead atoms. The SMILES string of the molecule is CCNC(=NCC(CC)(CC)CCO)NCCc1cnn(C)c1.I. The molecule has 1 aromatic rings.